The van der Waals surface area contributed by atoms with Gasteiger partial charge in [-0.2, -0.15) is 0 Å². The van der Waals surface area contributed by atoms with Crippen LogP contribution in [0, 0.1) is 0 Å². The van der Waals surface area contributed by atoms with Crippen molar-refractivity contribution < 1.29 is 49.3 Å². The summed E-state index contributed by atoms with van der Waals surface area (Å²) in [6.07, 6.45) is 60.9. The second-order valence-corrected chi connectivity index (χ2v) is 25.0. The summed E-state index contributed by atoms with van der Waals surface area (Å²) < 4.78 is 17.7. The zero-order valence-electron chi connectivity index (χ0n) is 53.9. The molecule has 0 bridgehead atoms. The molecule has 0 aromatic carbocycles. The van der Waals surface area contributed by atoms with E-state index in [-0.39, 0.29) is 13.0 Å². The molecule has 0 radical (unpaired) electrons. The van der Waals surface area contributed by atoms with E-state index in [0.29, 0.717) is 19.3 Å². The molecule has 8 unspecified atom stereocenters. The standard InChI is InChI=1S/C71H135NO10/c1-4-7-10-13-16-19-22-25-27-28-29-30-31-32-33-34-35-36-37-38-40-43-46-49-52-55-58-64(75)70(79)72-62(63(74)57-54-51-48-45-42-39-24-21-18-15-12-9-6-3)61-80-71-69(68(78)67(77)65(60-73)81-71)82-66(76)59-56-53-50-47-44-41-26-23-20-17-14-11-8-5-2/h25,27,54,57,62-65,67-69,71,73-75,77-78H,4-24,26,28-53,55-56,58-61H2,1-3H3,(H,72,79)/b27-25+,57-54+. The molecule has 1 saturated heterocycles. The van der Waals surface area contributed by atoms with Gasteiger partial charge in [0.2, 0.25) is 5.91 Å². The fourth-order valence-electron chi connectivity index (χ4n) is 11.5. The third-order valence-corrected chi connectivity index (χ3v) is 17.1. The third kappa shape index (κ3) is 46.4. The molecule has 0 aromatic heterocycles. The van der Waals surface area contributed by atoms with Crippen LogP contribution in [0.5, 0.6) is 0 Å². The van der Waals surface area contributed by atoms with Crippen LogP contribution in [-0.2, 0) is 23.8 Å². The molecule has 1 aliphatic heterocycles. The van der Waals surface area contributed by atoms with E-state index in [0.717, 1.165) is 57.8 Å². The number of carbonyl (C=O) groups is 2. The summed E-state index contributed by atoms with van der Waals surface area (Å²) in [6.45, 7) is 5.84. The quantitative estimate of drug-likeness (QED) is 0.0195. The Morgan fingerprint density at radius 1 is 0.463 bits per heavy atom. The summed E-state index contributed by atoms with van der Waals surface area (Å²) in [5.74, 6) is -1.17. The molecule has 1 rings (SSSR count). The fraction of sp³-hybridized carbons (Fsp3) is 0.915. The van der Waals surface area contributed by atoms with Crippen molar-refractivity contribution in [2.75, 3.05) is 13.2 Å². The Hall–Kier alpha value is -1.86. The van der Waals surface area contributed by atoms with Crippen molar-refractivity contribution in [3.05, 3.63) is 24.3 Å². The van der Waals surface area contributed by atoms with E-state index in [1.54, 1.807) is 6.08 Å². The average Bonchev–Trinajstić information content (AvgIpc) is 3.55. The summed E-state index contributed by atoms with van der Waals surface area (Å²) in [7, 11) is 0. The van der Waals surface area contributed by atoms with Gasteiger partial charge >= 0.3 is 5.97 Å². The minimum Gasteiger partial charge on any atom is -0.454 e. The van der Waals surface area contributed by atoms with Crippen LogP contribution in [0.4, 0.5) is 0 Å². The van der Waals surface area contributed by atoms with Gasteiger partial charge in [-0.1, -0.05) is 321 Å². The van der Waals surface area contributed by atoms with Crippen LogP contribution >= 0.6 is 0 Å². The van der Waals surface area contributed by atoms with Gasteiger partial charge in [-0.15, -0.1) is 0 Å². The lowest BCUT2D eigenvalue weighted by Gasteiger charge is -2.41. The Kier molecular flexibility index (Phi) is 56.7. The first-order chi connectivity index (χ1) is 40.2. The van der Waals surface area contributed by atoms with E-state index in [9.17, 15) is 35.1 Å². The first-order valence-corrected chi connectivity index (χ1v) is 35.6. The molecule has 0 aliphatic carbocycles. The lowest BCUT2D eigenvalue weighted by molar-refractivity contribution is -0.305. The Labute approximate surface area is 505 Å². The lowest BCUT2D eigenvalue weighted by atomic mass is 9.99. The van der Waals surface area contributed by atoms with Crippen molar-refractivity contribution in [3.8, 4) is 0 Å². The summed E-state index contributed by atoms with van der Waals surface area (Å²) in [6, 6.07) is -1.02. The maximum absolute atomic E-state index is 13.5. The van der Waals surface area contributed by atoms with Gasteiger partial charge in [0.15, 0.2) is 12.4 Å². The molecule has 484 valence electrons. The number of hydrogen-bond donors (Lipinski definition) is 6. The Bertz CT molecular complexity index is 1430. The largest absolute Gasteiger partial charge is 0.454 e. The number of ether oxygens (including phenoxy) is 3. The van der Waals surface area contributed by atoms with Gasteiger partial charge in [0.25, 0.3) is 0 Å². The number of amides is 1. The van der Waals surface area contributed by atoms with E-state index in [2.05, 4.69) is 38.2 Å². The molecule has 1 aliphatic rings. The number of aliphatic hydroxyl groups is 5. The molecular formula is C71H135NO10. The van der Waals surface area contributed by atoms with Crippen LogP contribution in [0.2, 0.25) is 0 Å². The molecule has 0 saturated carbocycles. The maximum atomic E-state index is 13.5. The minimum atomic E-state index is -1.61. The SMILES string of the molecule is CCCCCCCC/C=C/CCCCCCCCCCCCCCCCCCC(O)C(=O)NC(COC1OC(CO)C(O)C(O)C1OC(=O)CCCCCCCCCCCCCCCC)C(O)/C=C/CCCCCCCCCCCCC. The fourth-order valence-corrected chi connectivity index (χ4v) is 11.5. The van der Waals surface area contributed by atoms with Gasteiger partial charge in [-0.05, 0) is 51.4 Å². The topological polar surface area (TPSA) is 175 Å². The number of carbonyl (C=O) groups excluding carboxylic acids is 2. The predicted octanol–water partition coefficient (Wildman–Crippen LogP) is 18.0. The molecular weight excluding hydrogens is 1030 g/mol. The molecule has 1 fully saturated rings. The van der Waals surface area contributed by atoms with Crippen molar-refractivity contribution >= 4 is 11.9 Å². The molecule has 0 spiro atoms. The zero-order chi connectivity index (χ0) is 59.6. The molecule has 11 heteroatoms. The molecule has 6 N–H and O–H groups in total. The summed E-state index contributed by atoms with van der Waals surface area (Å²) in [5.41, 5.74) is 0. The van der Waals surface area contributed by atoms with E-state index in [4.69, 9.17) is 14.2 Å². The van der Waals surface area contributed by atoms with Crippen molar-refractivity contribution in [1.82, 2.24) is 5.32 Å². The van der Waals surface area contributed by atoms with Crippen molar-refractivity contribution in [2.24, 2.45) is 0 Å². The van der Waals surface area contributed by atoms with Crippen LogP contribution in [0.15, 0.2) is 24.3 Å². The second-order valence-electron chi connectivity index (χ2n) is 25.0. The molecule has 82 heavy (non-hydrogen) atoms. The Morgan fingerprint density at radius 3 is 1.18 bits per heavy atom. The summed E-state index contributed by atoms with van der Waals surface area (Å²) in [4.78, 5) is 26.6. The number of rotatable bonds is 62. The van der Waals surface area contributed by atoms with Gasteiger partial charge in [0, 0.05) is 6.42 Å². The predicted molar refractivity (Wildman–Crippen MR) is 343 cm³/mol. The van der Waals surface area contributed by atoms with Crippen molar-refractivity contribution in [2.45, 2.75) is 404 Å². The van der Waals surface area contributed by atoms with Crippen molar-refractivity contribution in [3.63, 3.8) is 0 Å². The highest BCUT2D eigenvalue weighted by Gasteiger charge is 2.47. The number of esters is 1. The first kappa shape index (κ1) is 78.2. The van der Waals surface area contributed by atoms with Crippen LogP contribution in [0.3, 0.4) is 0 Å². The van der Waals surface area contributed by atoms with Crippen LogP contribution in [0.1, 0.15) is 355 Å². The number of nitrogens with one attached hydrogen (secondary N) is 1. The van der Waals surface area contributed by atoms with Gasteiger partial charge in [-0.3, -0.25) is 9.59 Å². The normalized spacial score (nSPS) is 18.7. The molecule has 0 aromatic rings. The number of unbranched alkanes of at least 4 members (excludes halogenated alkanes) is 46. The minimum absolute atomic E-state index is 0.130. The van der Waals surface area contributed by atoms with E-state index in [1.807, 2.05) is 6.08 Å². The van der Waals surface area contributed by atoms with Gasteiger partial charge < -0.3 is 45.1 Å². The van der Waals surface area contributed by atoms with Crippen LogP contribution < -0.4 is 5.32 Å². The smallest absolute Gasteiger partial charge is 0.306 e. The highest BCUT2D eigenvalue weighted by atomic mass is 16.7. The maximum Gasteiger partial charge on any atom is 0.306 e. The van der Waals surface area contributed by atoms with Crippen LogP contribution in [0.25, 0.3) is 0 Å². The highest BCUT2D eigenvalue weighted by Crippen LogP contribution is 2.26. The number of hydrogen-bond acceptors (Lipinski definition) is 10. The Balaban J connectivity index is 2.55. The summed E-state index contributed by atoms with van der Waals surface area (Å²) >= 11 is 0. The lowest BCUT2D eigenvalue weighted by Crippen LogP contribution is -2.61. The van der Waals surface area contributed by atoms with E-state index < -0.39 is 67.4 Å². The first-order valence-electron chi connectivity index (χ1n) is 35.6. The molecule has 8 atom stereocenters. The highest BCUT2D eigenvalue weighted by molar-refractivity contribution is 5.80. The number of aliphatic hydroxyl groups excluding tert-OH is 5. The average molecular weight is 1160 g/mol. The van der Waals surface area contributed by atoms with Crippen molar-refractivity contribution in [1.29, 1.82) is 0 Å². The molecule has 1 heterocycles. The second kappa shape index (κ2) is 59.5. The van der Waals surface area contributed by atoms with E-state index in [1.165, 1.54) is 250 Å². The zero-order valence-corrected chi connectivity index (χ0v) is 53.9. The summed E-state index contributed by atoms with van der Waals surface area (Å²) in [5, 5.41) is 57.2. The van der Waals surface area contributed by atoms with Gasteiger partial charge in [0.05, 0.1) is 25.4 Å². The third-order valence-electron chi connectivity index (χ3n) is 17.1. The van der Waals surface area contributed by atoms with Gasteiger partial charge in [0.1, 0.15) is 24.4 Å². The molecule has 1 amide bonds. The van der Waals surface area contributed by atoms with E-state index >= 15 is 0 Å². The molecule has 11 nitrogen and oxygen atoms in total. The monoisotopic (exact) mass is 1160 g/mol. The van der Waals surface area contributed by atoms with Gasteiger partial charge in [-0.25, -0.2) is 0 Å². The number of allylic oxidation sites excluding steroid dienone is 3. The van der Waals surface area contributed by atoms with Crippen LogP contribution in [-0.4, -0.2) is 99.6 Å². The Morgan fingerprint density at radius 2 is 0.805 bits per heavy atom.